The number of nitrogens with zero attached hydrogens (tertiary/aromatic N) is 1. The summed E-state index contributed by atoms with van der Waals surface area (Å²) in [7, 11) is 2.18. The Morgan fingerprint density at radius 2 is 1.94 bits per heavy atom. The molecule has 0 spiro atoms. The van der Waals surface area contributed by atoms with E-state index in [9.17, 15) is 0 Å². The molecule has 1 unspecified atom stereocenters. The minimum absolute atomic E-state index is 0.167. The molecule has 1 aromatic carbocycles. The maximum atomic E-state index is 6.25. The van der Waals surface area contributed by atoms with E-state index in [1.807, 2.05) is 0 Å². The van der Waals surface area contributed by atoms with Crippen LogP contribution in [0.3, 0.4) is 0 Å². The zero-order valence-electron chi connectivity index (χ0n) is 11.4. The molecule has 2 N–H and O–H groups in total. The maximum Gasteiger partial charge on any atom is 0.0309 e. The molecule has 0 radical (unpaired) electrons. The molecule has 2 nitrogen and oxygen atoms in total. The third-order valence-corrected chi connectivity index (χ3v) is 3.30. The van der Waals surface area contributed by atoms with E-state index in [0.717, 1.165) is 13.0 Å². The van der Waals surface area contributed by atoms with Crippen LogP contribution in [-0.2, 0) is 0 Å². The topological polar surface area (TPSA) is 29.3 Å². The van der Waals surface area contributed by atoms with Gasteiger partial charge >= 0.3 is 0 Å². The van der Waals surface area contributed by atoms with Gasteiger partial charge in [-0.05, 0) is 51.0 Å². The Labute approximate surface area is 106 Å². The zero-order valence-corrected chi connectivity index (χ0v) is 11.4. The van der Waals surface area contributed by atoms with Gasteiger partial charge in [0, 0.05) is 6.04 Å². The minimum atomic E-state index is 0.167. The van der Waals surface area contributed by atoms with Crippen molar-refractivity contribution >= 4 is 0 Å². The number of nitrogens with two attached hydrogens (primary N) is 1. The summed E-state index contributed by atoms with van der Waals surface area (Å²) >= 11 is 0. The number of hydrogen-bond donors (Lipinski definition) is 1. The smallest absolute Gasteiger partial charge is 0.0309 e. The lowest BCUT2D eigenvalue weighted by atomic mass is 9.99. The van der Waals surface area contributed by atoms with Crippen molar-refractivity contribution < 1.29 is 0 Å². The lowest BCUT2D eigenvalue weighted by molar-refractivity contribution is 0.313. The van der Waals surface area contributed by atoms with Crippen LogP contribution >= 0.6 is 0 Å². The molecule has 0 saturated heterocycles. The molecule has 0 fully saturated rings. The normalized spacial score (nSPS) is 13.0. The van der Waals surface area contributed by atoms with Gasteiger partial charge in [-0.2, -0.15) is 0 Å². The monoisotopic (exact) mass is 234 g/mol. The minimum Gasteiger partial charge on any atom is -0.324 e. The third-order valence-electron chi connectivity index (χ3n) is 3.30. The highest BCUT2D eigenvalue weighted by Gasteiger charge is 2.09. The van der Waals surface area contributed by atoms with E-state index < -0.39 is 0 Å². The van der Waals surface area contributed by atoms with Crippen LogP contribution in [0.1, 0.15) is 43.4 Å². The van der Waals surface area contributed by atoms with Crippen LogP contribution in [0.15, 0.2) is 24.3 Å². The lowest BCUT2D eigenvalue weighted by Crippen LogP contribution is -2.24. The average molecular weight is 234 g/mol. The number of aryl methyl sites for hydroxylation is 1. The highest BCUT2D eigenvalue weighted by atomic mass is 15.1. The van der Waals surface area contributed by atoms with Crippen LogP contribution in [0.5, 0.6) is 0 Å². The van der Waals surface area contributed by atoms with Gasteiger partial charge in [0.1, 0.15) is 0 Å². The standard InChI is InChI=1S/C15H26N2/c1-4-5-11-17(3)12-10-15(16)14-9-7-6-8-13(14)2/h6-9,15H,4-5,10-12,16H2,1-3H3. The molecular weight excluding hydrogens is 208 g/mol. The van der Waals surface area contributed by atoms with Crippen molar-refractivity contribution in [3.63, 3.8) is 0 Å². The van der Waals surface area contributed by atoms with Crippen LogP contribution in [-0.4, -0.2) is 25.0 Å². The summed E-state index contributed by atoms with van der Waals surface area (Å²) < 4.78 is 0. The van der Waals surface area contributed by atoms with E-state index >= 15 is 0 Å². The Morgan fingerprint density at radius 1 is 1.24 bits per heavy atom. The van der Waals surface area contributed by atoms with Gasteiger partial charge in [0.2, 0.25) is 0 Å². The molecule has 0 aliphatic rings. The molecule has 0 heterocycles. The second-order valence-corrected chi connectivity index (χ2v) is 4.91. The Hall–Kier alpha value is -0.860. The molecular formula is C15H26N2. The van der Waals surface area contributed by atoms with E-state index in [-0.39, 0.29) is 6.04 Å². The fourth-order valence-electron chi connectivity index (χ4n) is 2.06. The van der Waals surface area contributed by atoms with E-state index in [4.69, 9.17) is 5.73 Å². The average Bonchev–Trinajstić information content (AvgIpc) is 2.34. The first kappa shape index (κ1) is 14.2. The summed E-state index contributed by atoms with van der Waals surface area (Å²) in [4.78, 5) is 2.38. The Kier molecular flexibility index (Phi) is 6.23. The zero-order chi connectivity index (χ0) is 12.7. The van der Waals surface area contributed by atoms with Crippen molar-refractivity contribution in [1.82, 2.24) is 4.90 Å². The molecule has 1 rings (SSSR count). The Balaban J connectivity index is 2.39. The van der Waals surface area contributed by atoms with Crippen molar-refractivity contribution in [2.24, 2.45) is 5.73 Å². The molecule has 0 amide bonds. The van der Waals surface area contributed by atoms with Crippen LogP contribution in [0.2, 0.25) is 0 Å². The van der Waals surface area contributed by atoms with Crippen molar-refractivity contribution in [2.45, 2.75) is 39.2 Å². The second-order valence-electron chi connectivity index (χ2n) is 4.91. The highest BCUT2D eigenvalue weighted by molar-refractivity contribution is 5.28. The molecule has 2 heteroatoms. The SMILES string of the molecule is CCCCN(C)CCC(N)c1ccccc1C. The molecule has 0 aromatic heterocycles. The first-order chi connectivity index (χ1) is 8.15. The molecule has 0 aliphatic heterocycles. The molecule has 0 saturated carbocycles. The van der Waals surface area contributed by atoms with E-state index in [1.54, 1.807) is 0 Å². The highest BCUT2D eigenvalue weighted by Crippen LogP contribution is 2.18. The van der Waals surface area contributed by atoms with Crippen LogP contribution in [0.25, 0.3) is 0 Å². The third kappa shape index (κ3) is 4.88. The van der Waals surface area contributed by atoms with Gasteiger partial charge in [0.15, 0.2) is 0 Å². The van der Waals surface area contributed by atoms with Gasteiger partial charge < -0.3 is 10.6 Å². The number of benzene rings is 1. The fraction of sp³-hybridized carbons (Fsp3) is 0.600. The van der Waals surface area contributed by atoms with E-state index in [1.165, 1.54) is 30.5 Å². The van der Waals surface area contributed by atoms with Gasteiger partial charge in [-0.15, -0.1) is 0 Å². The van der Waals surface area contributed by atoms with Crippen molar-refractivity contribution in [1.29, 1.82) is 0 Å². The summed E-state index contributed by atoms with van der Waals surface area (Å²) in [5, 5.41) is 0. The van der Waals surface area contributed by atoms with Crippen molar-refractivity contribution in [3.05, 3.63) is 35.4 Å². The summed E-state index contributed by atoms with van der Waals surface area (Å²) in [6.07, 6.45) is 3.56. The van der Waals surface area contributed by atoms with Gasteiger partial charge in [0.05, 0.1) is 0 Å². The summed E-state index contributed by atoms with van der Waals surface area (Å²) in [5.74, 6) is 0. The first-order valence-corrected chi connectivity index (χ1v) is 6.64. The van der Waals surface area contributed by atoms with Crippen LogP contribution < -0.4 is 5.73 Å². The number of rotatable bonds is 7. The van der Waals surface area contributed by atoms with E-state index in [2.05, 4.69) is 50.1 Å². The fourth-order valence-corrected chi connectivity index (χ4v) is 2.06. The predicted octanol–water partition coefficient (Wildman–Crippen LogP) is 3.12. The summed E-state index contributed by atoms with van der Waals surface area (Å²) in [6, 6.07) is 8.59. The molecule has 1 aromatic rings. The van der Waals surface area contributed by atoms with Gasteiger partial charge in [-0.25, -0.2) is 0 Å². The molecule has 96 valence electrons. The summed E-state index contributed by atoms with van der Waals surface area (Å²) in [5.41, 5.74) is 8.84. The van der Waals surface area contributed by atoms with Crippen LogP contribution in [0.4, 0.5) is 0 Å². The number of hydrogen-bond acceptors (Lipinski definition) is 2. The maximum absolute atomic E-state index is 6.25. The Bertz CT molecular complexity index is 322. The van der Waals surface area contributed by atoms with E-state index in [0.29, 0.717) is 0 Å². The van der Waals surface area contributed by atoms with Crippen LogP contribution in [0, 0.1) is 6.92 Å². The molecule has 0 aliphatic carbocycles. The molecule has 17 heavy (non-hydrogen) atoms. The van der Waals surface area contributed by atoms with Gasteiger partial charge in [-0.3, -0.25) is 0 Å². The molecule has 0 bridgehead atoms. The van der Waals surface area contributed by atoms with Crippen molar-refractivity contribution in [2.75, 3.05) is 20.1 Å². The lowest BCUT2D eigenvalue weighted by Gasteiger charge is -2.20. The predicted molar refractivity (Wildman–Crippen MR) is 75.1 cm³/mol. The largest absolute Gasteiger partial charge is 0.324 e. The first-order valence-electron chi connectivity index (χ1n) is 6.64. The van der Waals surface area contributed by atoms with Gasteiger partial charge in [0.25, 0.3) is 0 Å². The quantitative estimate of drug-likeness (QED) is 0.785. The summed E-state index contributed by atoms with van der Waals surface area (Å²) in [6.45, 7) is 6.62. The van der Waals surface area contributed by atoms with Crippen molar-refractivity contribution in [3.8, 4) is 0 Å². The molecule has 1 atom stereocenters. The number of unbranched alkanes of at least 4 members (excludes halogenated alkanes) is 1. The second kappa shape index (κ2) is 7.46. The van der Waals surface area contributed by atoms with Gasteiger partial charge in [-0.1, -0.05) is 37.6 Å². The Morgan fingerprint density at radius 3 is 2.59 bits per heavy atom.